The molecule has 1 aliphatic rings. The molecule has 0 saturated heterocycles. The first-order valence-corrected chi connectivity index (χ1v) is 6.62. The fourth-order valence-electron chi connectivity index (χ4n) is 2.26. The number of rotatable bonds is 2. The van der Waals surface area contributed by atoms with Crippen LogP contribution in [0, 0.1) is 0 Å². The lowest BCUT2D eigenvalue weighted by Gasteiger charge is -2.36. The van der Waals surface area contributed by atoms with Gasteiger partial charge in [-0.3, -0.25) is 0 Å². The van der Waals surface area contributed by atoms with Crippen molar-refractivity contribution < 1.29 is 23.0 Å². The lowest BCUT2D eigenvalue weighted by atomic mass is 9.88. The van der Waals surface area contributed by atoms with E-state index in [9.17, 15) is 18.3 Å². The van der Waals surface area contributed by atoms with Crippen LogP contribution in [0.3, 0.4) is 0 Å². The summed E-state index contributed by atoms with van der Waals surface area (Å²) in [6.07, 6.45) is -2.60. The first-order valence-electron chi connectivity index (χ1n) is 6.24. The van der Waals surface area contributed by atoms with E-state index in [-0.39, 0.29) is 22.1 Å². The zero-order valence-electron chi connectivity index (χ0n) is 11.0. The molecule has 2 rings (SSSR count). The van der Waals surface area contributed by atoms with E-state index in [4.69, 9.17) is 16.3 Å². The van der Waals surface area contributed by atoms with Crippen LogP contribution in [0.25, 0.3) is 5.57 Å². The number of phenols is 1. The van der Waals surface area contributed by atoms with Crippen molar-refractivity contribution in [1.29, 1.82) is 0 Å². The van der Waals surface area contributed by atoms with Gasteiger partial charge in [0.15, 0.2) is 0 Å². The Morgan fingerprint density at radius 2 is 1.85 bits per heavy atom. The van der Waals surface area contributed by atoms with Gasteiger partial charge in [-0.2, -0.15) is 13.2 Å². The van der Waals surface area contributed by atoms with Crippen LogP contribution in [0.4, 0.5) is 13.2 Å². The van der Waals surface area contributed by atoms with Crippen LogP contribution < -0.4 is 4.74 Å². The summed E-state index contributed by atoms with van der Waals surface area (Å²) in [5.74, 6) is -0.291. The molecule has 2 nitrogen and oxygen atoms in total. The highest BCUT2D eigenvalue weighted by molar-refractivity contribution is 6.32. The molecular formula is C14H14ClF3O2. The molecular weight excluding hydrogens is 293 g/mol. The van der Waals surface area contributed by atoms with Crippen molar-refractivity contribution in [2.45, 2.75) is 38.5 Å². The molecule has 1 heterocycles. The molecule has 0 atom stereocenters. The Morgan fingerprint density at radius 1 is 1.25 bits per heavy atom. The topological polar surface area (TPSA) is 29.5 Å². The molecule has 110 valence electrons. The van der Waals surface area contributed by atoms with Crippen LogP contribution in [-0.2, 0) is 0 Å². The van der Waals surface area contributed by atoms with Gasteiger partial charge in [-0.05, 0) is 25.0 Å². The monoisotopic (exact) mass is 306 g/mol. The molecule has 0 bridgehead atoms. The molecule has 0 aliphatic carbocycles. The molecule has 1 aliphatic heterocycles. The van der Waals surface area contributed by atoms with Crippen LogP contribution in [0.1, 0.15) is 32.3 Å². The fourth-order valence-corrected chi connectivity index (χ4v) is 2.42. The Hall–Kier alpha value is -1.36. The third-order valence-corrected chi connectivity index (χ3v) is 3.86. The summed E-state index contributed by atoms with van der Waals surface area (Å²) in [6, 6.07) is 2.22. The van der Waals surface area contributed by atoms with Crippen LogP contribution in [0.2, 0.25) is 5.02 Å². The van der Waals surface area contributed by atoms with Crippen molar-refractivity contribution >= 4 is 17.2 Å². The number of alkyl halides is 3. The zero-order valence-corrected chi connectivity index (χ0v) is 11.8. The molecule has 0 saturated carbocycles. The maximum Gasteiger partial charge on any atom is 0.416 e. The zero-order chi connectivity index (χ0) is 15.1. The first-order chi connectivity index (χ1) is 9.22. The molecule has 0 unspecified atom stereocenters. The number of fused-ring (bicyclic) bond motifs is 1. The van der Waals surface area contributed by atoms with E-state index in [1.54, 1.807) is 13.8 Å². The maximum atomic E-state index is 13.2. The van der Waals surface area contributed by atoms with Crippen LogP contribution >= 0.6 is 11.6 Å². The van der Waals surface area contributed by atoms with Crippen molar-refractivity contribution in [3.63, 3.8) is 0 Å². The molecule has 20 heavy (non-hydrogen) atoms. The molecule has 0 radical (unpaired) electrons. The highest BCUT2D eigenvalue weighted by Crippen LogP contribution is 2.48. The summed E-state index contributed by atoms with van der Waals surface area (Å²) in [5, 5.41) is 9.43. The second-order valence-electron chi connectivity index (χ2n) is 4.73. The second kappa shape index (κ2) is 4.88. The van der Waals surface area contributed by atoms with Gasteiger partial charge >= 0.3 is 6.18 Å². The Balaban J connectivity index is 2.68. The van der Waals surface area contributed by atoms with Crippen molar-refractivity contribution in [3.05, 3.63) is 28.8 Å². The minimum Gasteiger partial charge on any atom is -0.506 e. The first kappa shape index (κ1) is 15.0. The van der Waals surface area contributed by atoms with Crippen molar-refractivity contribution in [2.75, 3.05) is 0 Å². The normalized spacial score (nSPS) is 17.2. The number of hydrogen-bond donors (Lipinski definition) is 1. The van der Waals surface area contributed by atoms with Gasteiger partial charge in [-0.15, -0.1) is 0 Å². The number of phenolic OH excluding ortho intramolecular Hbond substituents is 1. The summed E-state index contributed by atoms with van der Waals surface area (Å²) in [4.78, 5) is 0. The van der Waals surface area contributed by atoms with Crippen LogP contribution in [0.15, 0.2) is 18.2 Å². The number of aromatic hydroxyl groups is 1. The maximum absolute atomic E-state index is 13.2. The number of hydrogen-bond acceptors (Lipinski definition) is 2. The fraction of sp³-hybridized carbons (Fsp3) is 0.429. The molecule has 1 aromatic carbocycles. The Bertz CT molecular complexity index is 560. The van der Waals surface area contributed by atoms with Crippen molar-refractivity contribution in [2.24, 2.45) is 0 Å². The van der Waals surface area contributed by atoms with E-state index in [0.717, 1.165) is 18.2 Å². The SMILES string of the molecule is CCC1(CC)C=C(C(F)(F)F)c2cc(Cl)c(O)cc2O1. The molecule has 1 N–H and O–H groups in total. The predicted molar refractivity (Wildman–Crippen MR) is 71.1 cm³/mol. The smallest absolute Gasteiger partial charge is 0.416 e. The summed E-state index contributed by atoms with van der Waals surface area (Å²) in [5.41, 5.74) is -1.93. The largest absolute Gasteiger partial charge is 0.506 e. The van der Waals surface area contributed by atoms with Gasteiger partial charge in [-0.1, -0.05) is 25.4 Å². The van der Waals surface area contributed by atoms with Gasteiger partial charge in [0.05, 0.1) is 10.6 Å². The van der Waals surface area contributed by atoms with E-state index >= 15 is 0 Å². The highest BCUT2D eigenvalue weighted by Gasteiger charge is 2.43. The third kappa shape index (κ3) is 2.46. The summed E-state index contributed by atoms with van der Waals surface area (Å²) >= 11 is 5.70. The number of benzene rings is 1. The molecule has 6 heteroatoms. The Morgan fingerprint density at radius 3 is 2.35 bits per heavy atom. The molecule has 0 amide bonds. The van der Waals surface area contributed by atoms with Gasteiger partial charge in [0, 0.05) is 11.6 Å². The average Bonchev–Trinajstić information content (AvgIpc) is 2.38. The van der Waals surface area contributed by atoms with E-state index < -0.39 is 17.4 Å². The Labute approximate surface area is 119 Å². The minimum absolute atomic E-state index is 0.00502. The molecule has 0 fully saturated rings. The summed E-state index contributed by atoms with van der Waals surface area (Å²) in [7, 11) is 0. The molecule has 1 aromatic rings. The summed E-state index contributed by atoms with van der Waals surface area (Å²) in [6.45, 7) is 3.52. The standard InChI is InChI=1S/C14H14ClF3O2/c1-3-13(4-2)7-9(14(16,17)18)8-5-10(15)11(19)6-12(8)20-13/h5-7,19H,3-4H2,1-2H3. The molecule has 0 spiro atoms. The Kier molecular flexibility index (Phi) is 3.67. The summed E-state index contributed by atoms with van der Waals surface area (Å²) < 4.78 is 45.4. The van der Waals surface area contributed by atoms with E-state index in [1.807, 2.05) is 0 Å². The number of ether oxygens (including phenoxy) is 1. The molecule has 0 aromatic heterocycles. The van der Waals surface area contributed by atoms with Crippen molar-refractivity contribution in [3.8, 4) is 11.5 Å². The average molecular weight is 307 g/mol. The van der Waals surface area contributed by atoms with Gasteiger partial charge in [-0.25, -0.2) is 0 Å². The lowest BCUT2D eigenvalue weighted by Crippen LogP contribution is -2.36. The van der Waals surface area contributed by atoms with Gasteiger partial charge in [0.1, 0.15) is 17.1 Å². The van der Waals surface area contributed by atoms with Crippen LogP contribution in [-0.4, -0.2) is 16.9 Å². The second-order valence-corrected chi connectivity index (χ2v) is 5.14. The van der Waals surface area contributed by atoms with Gasteiger partial charge < -0.3 is 9.84 Å². The third-order valence-electron chi connectivity index (χ3n) is 3.56. The van der Waals surface area contributed by atoms with E-state index in [0.29, 0.717) is 12.8 Å². The quantitative estimate of drug-likeness (QED) is 0.838. The predicted octanol–water partition coefficient (Wildman–Crippen LogP) is 4.94. The highest BCUT2D eigenvalue weighted by atomic mass is 35.5. The number of allylic oxidation sites excluding steroid dienone is 1. The lowest BCUT2D eigenvalue weighted by molar-refractivity contribution is -0.0713. The van der Waals surface area contributed by atoms with Crippen LogP contribution in [0.5, 0.6) is 11.5 Å². The van der Waals surface area contributed by atoms with Gasteiger partial charge in [0.25, 0.3) is 0 Å². The van der Waals surface area contributed by atoms with Gasteiger partial charge in [0.2, 0.25) is 0 Å². The van der Waals surface area contributed by atoms with E-state index in [2.05, 4.69) is 0 Å². The van der Waals surface area contributed by atoms with E-state index in [1.165, 1.54) is 0 Å². The minimum atomic E-state index is -4.51. The van der Waals surface area contributed by atoms with Crippen molar-refractivity contribution in [1.82, 2.24) is 0 Å². The number of halogens is 4.